The maximum absolute atomic E-state index is 12.3. The van der Waals surface area contributed by atoms with Crippen molar-refractivity contribution in [2.24, 2.45) is 0 Å². The molecule has 0 spiro atoms. The third kappa shape index (κ3) is 3.98. The predicted molar refractivity (Wildman–Crippen MR) is 98.2 cm³/mol. The molecule has 0 unspecified atom stereocenters. The highest BCUT2D eigenvalue weighted by Crippen LogP contribution is 2.24. The van der Waals surface area contributed by atoms with Gasteiger partial charge in [0, 0.05) is 36.5 Å². The van der Waals surface area contributed by atoms with Gasteiger partial charge >= 0.3 is 17.6 Å². The van der Waals surface area contributed by atoms with Crippen LogP contribution < -0.4 is 15.7 Å². The van der Waals surface area contributed by atoms with E-state index in [0.29, 0.717) is 29.0 Å². The lowest BCUT2D eigenvalue weighted by Gasteiger charge is -2.12. The normalized spacial score (nSPS) is 13.5. The molecule has 2 heterocycles. The molecule has 1 aliphatic heterocycles. The van der Waals surface area contributed by atoms with Crippen molar-refractivity contribution in [2.75, 3.05) is 26.8 Å². The minimum atomic E-state index is -0.637. The van der Waals surface area contributed by atoms with E-state index in [1.54, 1.807) is 25.1 Å². The van der Waals surface area contributed by atoms with E-state index in [1.165, 1.54) is 7.11 Å². The van der Waals surface area contributed by atoms with Crippen molar-refractivity contribution in [1.82, 2.24) is 10.2 Å². The molecule has 3 rings (SSSR count). The first-order chi connectivity index (χ1) is 13.4. The molecule has 0 aliphatic carbocycles. The van der Waals surface area contributed by atoms with Crippen LogP contribution in [-0.4, -0.2) is 49.6 Å². The monoisotopic (exact) mass is 388 g/mol. The Morgan fingerprint density at radius 2 is 2.07 bits per heavy atom. The molecule has 9 heteroatoms. The molecule has 1 aromatic heterocycles. The summed E-state index contributed by atoms with van der Waals surface area (Å²) in [6, 6.07) is 4.67. The molecule has 1 saturated heterocycles. The molecule has 2 aromatic rings. The van der Waals surface area contributed by atoms with Gasteiger partial charge in [-0.05, 0) is 31.0 Å². The molecule has 0 bridgehead atoms. The fraction of sp³-hybridized carbons (Fsp3) is 0.368. The number of rotatable bonds is 6. The number of urea groups is 1. The molecule has 1 aliphatic rings. The standard InChI is InChI=1S/C19H20N2O7/c1-11-13-4-3-12(26-2)9-15(13)28-18(24)14(11)5-6-17(23)27-10-16(22)21-8-7-20-19(21)25/h3-4,9H,5-8,10H2,1-2H3,(H,20,25). The fourth-order valence-electron chi connectivity index (χ4n) is 3.02. The smallest absolute Gasteiger partial charge is 0.339 e. The minimum absolute atomic E-state index is 0.0905. The molecule has 28 heavy (non-hydrogen) atoms. The zero-order chi connectivity index (χ0) is 20.3. The zero-order valence-electron chi connectivity index (χ0n) is 15.6. The van der Waals surface area contributed by atoms with Gasteiger partial charge in [-0.15, -0.1) is 0 Å². The first kappa shape index (κ1) is 19.4. The molecule has 0 saturated carbocycles. The molecular formula is C19H20N2O7. The van der Waals surface area contributed by atoms with Crippen molar-refractivity contribution >= 4 is 28.9 Å². The van der Waals surface area contributed by atoms with Gasteiger partial charge in [0.1, 0.15) is 11.3 Å². The number of hydrogen-bond donors (Lipinski definition) is 1. The number of carbonyl (C=O) groups excluding carboxylic acids is 3. The Morgan fingerprint density at radius 1 is 1.29 bits per heavy atom. The summed E-state index contributed by atoms with van der Waals surface area (Å²) in [4.78, 5) is 48.5. The van der Waals surface area contributed by atoms with E-state index < -0.39 is 30.1 Å². The van der Waals surface area contributed by atoms with Gasteiger partial charge in [-0.1, -0.05) is 0 Å². The maximum atomic E-state index is 12.3. The molecule has 148 valence electrons. The summed E-state index contributed by atoms with van der Waals surface area (Å²) in [5.74, 6) is -0.650. The van der Waals surface area contributed by atoms with E-state index >= 15 is 0 Å². The van der Waals surface area contributed by atoms with Crippen molar-refractivity contribution in [3.63, 3.8) is 0 Å². The fourth-order valence-corrected chi connectivity index (χ4v) is 3.02. The van der Waals surface area contributed by atoms with Gasteiger partial charge in [-0.25, -0.2) is 9.59 Å². The molecule has 3 amide bonds. The molecular weight excluding hydrogens is 368 g/mol. The topological polar surface area (TPSA) is 115 Å². The quantitative estimate of drug-likeness (QED) is 0.583. The van der Waals surface area contributed by atoms with Gasteiger partial charge in [0.2, 0.25) is 0 Å². The van der Waals surface area contributed by atoms with E-state index in [1.807, 2.05) is 0 Å². The van der Waals surface area contributed by atoms with Crippen LogP contribution in [0.15, 0.2) is 27.4 Å². The van der Waals surface area contributed by atoms with Gasteiger partial charge in [-0.2, -0.15) is 0 Å². The van der Waals surface area contributed by atoms with Crippen molar-refractivity contribution in [3.05, 3.63) is 39.7 Å². The molecule has 1 fully saturated rings. The second kappa shape index (κ2) is 8.12. The Bertz CT molecular complexity index is 996. The largest absolute Gasteiger partial charge is 0.497 e. The highest BCUT2D eigenvalue weighted by Gasteiger charge is 2.26. The van der Waals surface area contributed by atoms with Crippen LogP contribution in [0.3, 0.4) is 0 Å². The number of esters is 1. The van der Waals surface area contributed by atoms with E-state index in [2.05, 4.69) is 5.32 Å². The van der Waals surface area contributed by atoms with Gasteiger partial charge in [0.15, 0.2) is 6.61 Å². The third-order valence-corrected chi connectivity index (χ3v) is 4.59. The number of methoxy groups -OCH3 is 1. The number of hydrogen-bond acceptors (Lipinski definition) is 7. The summed E-state index contributed by atoms with van der Waals surface area (Å²) in [5.41, 5.74) is 0.963. The molecule has 0 radical (unpaired) electrons. The highest BCUT2D eigenvalue weighted by molar-refractivity contribution is 5.97. The Morgan fingerprint density at radius 3 is 2.75 bits per heavy atom. The summed E-state index contributed by atoms with van der Waals surface area (Å²) < 4.78 is 15.4. The van der Waals surface area contributed by atoms with Crippen LogP contribution >= 0.6 is 0 Å². The van der Waals surface area contributed by atoms with Gasteiger partial charge in [0.05, 0.1) is 7.11 Å². The van der Waals surface area contributed by atoms with Crippen LogP contribution in [0.1, 0.15) is 17.5 Å². The summed E-state index contributed by atoms with van der Waals surface area (Å²) in [5, 5.41) is 3.24. The second-order valence-electron chi connectivity index (χ2n) is 6.29. The summed E-state index contributed by atoms with van der Waals surface area (Å²) in [7, 11) is 1.52. The van der Waals surface area contributed by atoms with E-state index in [4.69, 9.17) is 13.9 Å². The number of carbonyl (C=O) groups is 3. The Kier molecular flexibility index (Phi) is 5.62. The van der Waals surface area contributed by atoms with Crippen LogP contribution in [0.2, 0.25) is 0 Å². The van der Waals surface area contributed by atoms with Crippen molar-refractivity contribution in [3.8, 4) is 5.75 Å². The zero-order valence-corrected chi connectivity index (χ0v) is 15.6. The number of imide groups is 1. The van der Waals surface area contributed by atoms with Gasteiger partial charge in [0.25, 0.3) is 5.91 Å². The summed E-state index contributed by atoms with van der Waals surface area (Å²) in [6.07, 6.45) is 0.0279. The van der Waals surface area contributed by atoms with Gasteiger partial charge < -0.3 is 19.2 Å². The average Bonchev–Trinajstić information content (AvgIpc) is 3.11. The third-order valence-electron chi connectivity index (χ3n) is 4.59. The van der Waals surface area contributed by atoms with Crippen LogP contribution in [0.4, 0.5) is 4.79 Å². The van der Waals surface area contributed by atoms with E-state index in [0.717, 1.165) is 10.3 Å². The lowest BCUT2D eigenvalue weighted by atomic mass is 10.0. The minimum Gasteiger partial charge on any atom is -0.497 e. The number of fused-ring (bicyclic) bond motifs is 1. The first-order valence-corrected chi connectivity index (χ1v) is 8.75. The number of nitrogens with one attached hydrogen (secondary N) is 1. The number of nitrogens with zero attached hydrogens (tertiary/aromatic N) is 1. The molecule has 1 N–H and O–H groups in total. The predicted octanol–water partition coefficient (Wildman–Crippen LogP) is 1.14. The van der Waals surface area contributed by atoms with E-state index in [9.17, 15) is 19.2 Å². The molecule has 0 atom stereocenters. The van der Waals surface area contributed by atoms with Crippen LogP contribution in [-0.2, 0) is 20.7 Å². The van der Waals surface area contributed by atoms with Gasteiger partial charge in [-0.3, -0.25) is 14.5 Å². The number of amides is 3. The van der Waals surface area contributed by atoms with Crippen LogP contribution in [0.25, 0.3) is 11.0 Å². The Hall–Kier alpha value is -3.36. The Balaban J connectivity index is 1.63. The summed E-state index contributed by atoms with van der Waals surface area (Å²) in [6.45, 7) is 1.89. The van der Waals surface area contributed by atoms with E-state index in [-0.39, 0.29) is 19.4 Å². The molecule has 9 nitrogen and oxygen atoms in total. The average molecular weight is 388 g/mol. The SMILES string of the molecule is COc1ccc2c(C)c(CCC(=O)OCC(=O)N3CCNC3=O)c(=O)oc2c1. The second-order valence-corrected chi connectivity index (χ2v) is 6.29. The number of aryl methyl sites for hydroxylation is 1. The van der Waals surface area contributed by atoms with Crippen LogP contribution in [0, 0.1) is 6.92 Å². The highest BCUT2D eigenvalue weighted by atomic mass is 16.5. The molecule has 1 aromatic carbocycles. The van der Waals surface area contributed by atoms with Crippen LogP contribution in [0.5, 0.6) is 5.75 Å². The Labute approximate surface area is 160 Å². The van der Waals surface area contributed by atoms with Crippen molar-refractivity contribution in [1.29, 1.82) is 0 Å². The summed E-state index contributed by atoms with van der Waals surface area (Å²) >= 11 is 0. The number of ether oxygens (including phenoxy) is 2. The maximum Gasteiger partial charge on any atom is 0.339 e. The number of benzene rings is 1. The lowest BCUT2D eigenvalue weighted by Crippen LogP contribution is -2.37. The van der Waals surface area contributed by atoms with Crippen molar-refractivity contribution in [2.45, 2.75) is 19.8 Å². The first-order valence-electron chi connectivity index (χ1n) is 8.75. The van der Waals surface area contributed by atoms with Crippen molar-refractivity contribution < 1.29 is 28.3 Å². The lowest BCUT2D eigenvalue weighted by molar-refractivity contribution is -0.150.